The molecule has 20 heavy (non-hydrogen) atoms. The van der Waals surface area contributed by atoms with Crippen molar-refractivity contribution in [1.82, 2.24) is 4.90 Å². The second-order valence-corrected chi connectivity index (χ2v) is 4.00. The molecule has 0 unspecified atom stereocenters. The molecule has 1 aromatic carbocycles. The van der Waals surface area contributed by atoms with E-state index in [-0.39, 0.29) is 18.2 Å². The van der Waals surface area contributed by atoms with E-state index in [1.165, 1.54) is 18.2 Å². The number of alkyl halides is 3. The third-order valence-electron chi connectivity index (χ3n) is 2.63. The number of carbonyl (C=O) groups is 1. The molecule has 112 valence electrons. The van der Waals surface area contributed by atoms with Crippen LogP contribution in [0.15, 0.2) is 24.3 Å². The van der Waals surface area contributed by atoms with Crippen LogP contribution in [0.2, 0.25) is 0 Å². The molecule has 0 aliphatic carbocycles. The molecule has 0 saturated heterocycles. The largest absolute Gasteiger partial charge is 0.573 e. The summed E-state index contributed by atoms with van der Waals surface area (Å²) in [6, 6.07) is 5.39. The average molecular weight is 290 g/mol. The molecule has 0 saturated carbocycles. The highest BCUT2D eigenvalue weighted by Crippen LogP contribution is 2.24. The van der Waals surface area contributed by atoms with Crippen LogP contribution in [-0.2, 0) is 4.79 Å². The highest BCUT2D eigenvalue weighted by atomic mass is 19.4. The fourth-order valence-corrected chi connectivity index (χ4v) is 1.67. The third-order valence-corrected chi connectivity index (χ3v) is 2.63. The maximum absolute atomic E-state index is 12.1. The van der Waals surface area contributed by atoms with Crippen LogP contribution < -0.4 is 10.1 Å². The molecule has 1 rings (SSSR count). The molecule has 4 nitrogen and oxygen atoms in total. The second kappa shape index (κ2) is 7.02. The van der Waals surface area contributed by atoms with Crippen molar-refractivity contribution in [2.75, 3.05) is 25.0 Å². The standard InChI is InChI=1S/C13H17F3N2O2/c1-3-18(4-2)12(19)9-17-10-6-5-7-11(8-10)20-13(14,15)16/h5-8,17H,3-4,9H2,1-2H3. The Kier molecular flexibility index (Phi) is 5.66. The fraction of sp³-hybridized carbons (Fsp3) is 0.462. The number of likely N-dealkylation sites (N-methyl/N-ethyl adjacent to an activating group) is 1. The number of ether oxygens (including phenoxy) is 1. The van der Waals surface area contributed by atoms with Crippen molar-refractivity contribution < 1.29 is 22.7 Å². The van der Waals surface area contributed by atoms with Crippen LogP contribution in [0.25, 0.3) is 0 Å². The number of halogens is 3. The predicted molar refractivity (Wildman–Crippen MR) is 69.5 cm³/mol. The van der Waals surface area contributed by atoms with E-state index in [1.54, 1.807) is 11.0 Å². The summed E-state index contributed by atoms with van der Waals surface area (Å²) in [6.07, 6.45) is -4.73. The lowest BCUT2D eigenvalue weighted by Crippen LogP contribution is -2.35. The zero-order valence-electron chi connectivity index (χ0n) is 11.3. The number of rotatable bonds is 6. The maximum atomic E-state index is 12.1. The van der Waals surface area contributed by atoms with Gasteiger partial charge in [0.15, 0.2) is 0 Å². The highest BCUT2D eigenvalue weighted by molar-refractivity contribution is 5.80. The molecule has 1 N–H and O–H groups in total. The normalized spacial score (nSPS) is 11.1. The topological polar surface area (TPSA) is 41.6 Å². The van der Waals surface area contributed by atoms with E-state index in [0.29, 0.717) is 18.8 Å². The van der Waals surface area contributed by atoms with E-state index in [2.05, 4.69) is 10.1 Å². The highest BCUT2D eigenvalue weighted by Gasteiger charge is 2.31. The Morgan fingerprint density at radius 1 is 1.30 bits per heavy atom. The van der Waals surface area contributed by atoms with E-state index >= 15 is 0 Å². The Morgan fingerprint density at radius 2 is 1.95 bits per heavy atom. The summed E-state index contributed by atoms with van der Waals surface area (Å²) in [4.78, 5) is 13.4. The molecule has 0 atom stereocenters. The molecule has 0 bridgehead atoms. The number of benzene rings is 1. The van der Waals surface area contributed by atoms with Gasteiger partial charge >= 0.3 is 6.36 Å². The van der Waals surface area contributed by atoms with Gasteiger partial charge in [-0.25, -0.2) is 0 Å². The van der Waals surface area contributed by atoms with Gasteiger partial charge < -0.3 is 15.0 Å². The molecule has 0 spiro atoms. The number of hydrogen-bond donors (Lipinski definition) is 1. The van der Waals surface area contributed by atoms with Gasteiger partial charge in [-0.1, -0.05) is 6.07 Å². The molecule has 1 amide bonds. The summed E-state index contributed by atoms with van der Waals surface area (Å²) in [7, 11) is 0. The summed E-state index contributed by atoms with van der Waals surface area (Å²) in [5, 5.41) is 2.78. The fourth-order valence-electron chi connectivity index (χ4n) is 1.67. The lowest BCUT2D eigenvalue weighted by molar-refractivity contribution is -0.274. The van der Waals surface area contributed by atoms with Crippen LogP contribution in [0.1, 0.15) is 13.8 Å². The lowest BCUT2D eigenvalue weighted by atomic mass is 10.3. The number of nitrogens with zero attached hydrogens (tertiary/aromatic N) is 1. The predicted octanol–water partition coefficient (Wildman–Crippen LogP) is 2.87. The van der Waals surface area contributed by atoms with Crippen LogP contribution in [0.4, 0.5) is 18.9 Å². The number of nitrogens with one attached hydrogen (secondary N) is 1. The first-order chi connectivity index (χ1) is 9.35. The van der Waals surface area contributed by atoms with Gasteiger partial charge in [-0.05, 0) is 26.0 Å². The number of carbonyl (C=O) groups excluding carboxylic acids is 1. The van der Waals surface area contributed by atoms with Crippen LogP contribution in [-0.4, -0.2) is 36.8 Å². The molecule has 0 radical (unpaired) electrons. The number of amides is 1. The van der Waals surface area contributed by atoms with Crippen LogP contribution in [0.3, 0.4) is 0 Å². The quantitative estimate of drug-likeness (QED) is 0.876. The third kappa shape index (κ3) is 5.38. The van der Waals surface area contributed by atoms with Crippen LogP contribution in [0, 0.1) is 0 Å². The molecule has 0 aliphatic rings. The van der Waals surface area contributed by atoms with Gasteiger partial charge in [0.2, 0.25) is 5.91 Å². The Bertz CT molecular complexity index is 445. The minimum Gasteiger partial charge on any atom is -0.406 e. The molecule has 0 aromatic heterocycles. The van der Waals surface area contributed by atoms with Gasteiger partial charge in [-0.2, -0.15) is 0 Å². The smallest absolute Gasteiger partial charge is 0.406 e. The summed E-state index contributed by atoms with van der Waals surface area (Å²) in [5.41, 5.74) is 0.396. The van der Waals surface area contributed by atoms with E-state index in [0.717, 1.165) is 0 Å². The second-order valence-electron chi connectivity index (χ2n) is 4.00. The molecule has 1 aromatic rings. The first-order valence-corrected chi connectivity index (χ1v) is 6.23. The van der Waals surface area contributed by atoms with Crippen molar-refractivity contribution in [3.63, 3.8) is 0 Å². The van der Waals surface area contributed by atoms with Crippen molar-refractivity contribution in [1.29, 1.82) is 0 Å². The van der Waals surface area contributed by atoms with Gasteiger partial charge in [-0.3, -0.25) is 4.79 Å². The molecule has 0 aliphatic heterocycles. The zero-order chi connectivity index (χ0) is 15.2. The first kappa shape index (κ1) is 16.1. The van der Waals surface area contributed by atoms with Crippen molar-refractivity contribution in [2.24, 2.45) is 0 Å². The van der Waals surface area contributed by atoms with Crippen LogP contribution >= 0.6 is 0 Å². The minimum atomic E-state index is -4.73. The summed E-state index contributed by atoms with van der Waals surface area (Å²) in [5.74, 6) is -0.435. The maximum Gasteiger partial charge on any atom is 0.573 e. The number of anilines is 1. The van der Waals surface area contributed by atoms with Crippen LogP contribution in [0.5, 0.6) is 5.75 Å². The van der Waals surface area contributed by atoms with Crippen molar-refractivity contribution in [3.8, 4) is 5.75 Å². The molecule has 0 heterocycles. The summed E-state index contributed by atoms with van der Waals surface area (Å²) in [6.45, 7) is 4.93. The van der Waals surface area contributed by atoms with Crippen molar-refractivity contribution in [3.05, 3.63) is 24.3 Å². The van der Waals surface area contributed by atoms with Crippen molar-refractivity contribution >= 4 is 11.6 Å². The Hall–Kier alpha value is -1.92. The summed E-state index contributed by atoms with van der Waals surface area (Å²) >= 11 is 0. The SMILES string of the molecule is CCN(CC)C(=O)CNc1cccc(OC(F)(F)F)c1. The van der Waals surface area contributed by atoms with Gasteiger partial charge in [0.1, 0.15) is 5.75 Å². The number of hydrogen-bond acceptors (Lipinski definition) is 3. The van der Waals surface area contributed by atoms with E-state index in [9.17, 15) is 18.0 Å². The molecule has 7 heteroatoms. The molecular weight excluding hydrogens is 273 g/mol. The van der Waals surface area contributed by atoms with E-state index in [4.69, 9.17) is 0 Å². The Balaban J connectivity index is 2.61. The van der Waals surface area contributed by atoms with Gasteiger partial charge in [-0.15, -0.1) is 13.2 Å². The Morgan fingerprint density at radius 3 is 2.50 bits per heavy atom. The van der Waals surface area contributed by atoms with Gasteiger partial charge in [0.25, 0.3) is 0 Å². The minimum absolute atomic E-state index is 0.0250. The Labute approximate surface area is 115 Å². The molecule has 0 fully saturated rings. The van der Waals surface area contributed by atoms with Gasteiger partial charge in [0.05, 0.1) is 6.54 Å². The average Bonchev–Trinajstić information content (AvgIpc) is 2.36. The summed E-state index contributed by atoms with van der Waals surface area (Å²) < 4.78 is 40.0. The van der Waals surface area contributed by atoms with Gasteiger partial charge in [0, 0.05) is 24.8 Å². The monoisotopic (exact) mass is 290 g/mol. The van der Waals surface area contributed by atoms with E-state index < -0.39 is 6.36 Å². The van der Waals surface area contributed by atoms with E-state index in [1.807, 2.05) is 13.8 Å². The van der Waals surface area contributed by atoms with Crippen molar-refractivity contribution in [2.45, 2.75) is 20.2 Å². The zero-order valence-corrected chi connectivity index (χ0v) is 11.3. The first-order valence-electron chi connectivity index (χ1n) is 6.23. The molecular formula is C13H17F3N2O2. The lowest BCUT2D eigenvalue weighted by Gasteiger charge is -2.19.